The second kappa shape index (κ2) is 7.97. The number of hydrogen-bond acceptors (Lipinski definition) is 4. The van der Waals surface area contributed by atoms with Crippen molar-refractivity contribution in [2.45, 2.75) is 49.8 Å². The summed E-state index contributed by atoms with van der Waals surface area (Å²) < 4.78 is 7.31. The molecule has 2 aliphatic heterocycles. The number of fused-ring (bicyclic) bond motifs is 4. The minimum Gasteiger partial charge on any atom is -0.491 e. The molecule has 4 heterocycles. The number of aromatic amines is 1. The van der Waals surface area contributed by atoms with Crippen LogP contribution in [0.2, 0.25) is 0 Å². The Morgan fingerprint density at radius 3 is 2.71 bits per heavy atom. The predicted molar refractivity (Wildman–Crippen MR) is 127 cm³/mol. The predicted octanol–water partition coefficient (Wildman–Crippen LogP) is 5.53. The van der Waals surface area contributed by atoms with E-state index in [0.29, 0.717) is 31.2 Å². The van der Waals surface area contributed by atoms with Crippen LogP contribution in [0.15, 0.2) is 60.8 Å². The zero-order valence-corrected chi connectivity index (χ0v) is 18.4. The number of aliphatic hydroxyl groups excluding tert-OH is 1. The molecule has 2 N–H and O–H groups in total. The molecule has 160 valence electrons. The molecular weight excluding hydrogens is 404 g/mol. The molecule has 2 aliphatic rings. The van der Waals surface area contributed by atoms with Gasteiger partial charge >= 0.3 is 0 Å². The van der Waals surface area contributed by atoms with Crippen molar-refractivity contribution in [3.8, 4) is 5.75 Å². The van der Waals surface area contributed by atoms with Crippen LogP contribution in [0.4, 0.5) is 0 Å². The van der Waals surface area contributed by atoms with Crippen LogP contribution >= 0.6 is 11.3 Å². The van der Waals surface area contributed by atoms with Crippen molar-refractivity contribution in [3.63, 3.8) is 0 Å². The molecular formula is C26H28N2O2S. The smallest absolute Gasteiger partial charge is 0.120 e. The first-order valence-corrected chi connectivity index (χ1v) is 12.2. The third kappa shape index (κ3) is 3.75. The molecule has 0 amide bonds. The van der Waals surface area contributed by atoms with Crippen LogP contribution in [-0.2, 0) is 0 Å². The quantitative estimate of drug-likeness (QED) is 0.421. The topological polar surface area (TPSA) is 48.5 Å². The summed E-state index contributed by atoms with van der Waals surface area (Å²) in [7, 11) is 0. The van der Waals surface area contributed by atoms with E-state index in [1.165, 1.54) is 35.8 Å². The van der Waals surface area contributed by atoms with Gasteiger partial charge in [0.05, 0.1) is 0 Å². The third-order valence-corrected chi connectivity index (χ3v) is 8.40. The molecule has 4 aromatic rings. The Morgan fingerprint density at radius 1 is 1.03 bits per heavy atom. The average Bonchev–Trinajstić information content (AvgIpc) is 3.48. The molecule has 0 aliphatic carbocycles. The molecule has 6 rings (SSSR count). The van der Waals surface area contributed by atoms with Gasteiger partial charge in [0, 0.05) is 45.3 Å². The second-order valence-electron chi connectivity index (χ2n) is 9.13. The van der Waals surface area contributed by atoms with Crippen molar-refractivity contribution in [2.24, 2.45) is 0 Å². The van der Waals surface area contributed by atoms with E-state index in [2.05, 4.69) is 40.2 Å². The Morgan fingerprint density at radius 2 is 1.87 bits per heavy atom. The van der Waals surface area contributed by atoms with Crippen molar-refractivity contribution in [2.75, 3.05) is 13.2 Å². The highest BCUT2D eigenvalue weighted by Gasteiger charge is 2.42. The van der Waals surface area contributed by atoms with Gasteiger partial charge in [0.1, 0.15) is 18.5 Å². The summed E-state index contributed by atoms with van der Waals surface area (Å²) in [6, 6.07) is 20.3. The largest absolute Gasteiger partial charge is 0.491 e. The van der Waals surface area contributed by atoms with Crippen LogP contribution in [0.25, 0.3) is 21.0 Å². The lowest BCUT2D eigenvalue weighted by molar-refractivity contribution is 0.0320. The van der Waals surface area contributed by atoms with E-state index >= 15 is 0 Å². The highest BCUT2D eigenvalue weighted by Crippen LogP contribution is 2.45. The zero-order chi connectivity index (χ0) is 20.8. The molecule has 0 spiro atoms. The van der Waals surface area contributed by atoms with Crippen LogP contribution in [0.1, 0.15) is 36.5 Å². The van der Waals surface area contributed by atoms with E-state index in [1.807, 2.05) is 41.8 Å². The van der Waals surface area contributed by atoms with E-state index in [0.717, 1.165) is 16.7 Å². The van der Waals surface area contributed by atoms with Gasteiger partial charge in [-0.2, -0.15) is 0 Å². The van der Waals surface area contributed by atoms with Gasteiger partial charge in [0.25, 0.3) is 0 Å². The first-order chi connectivity index (χ1) is 15.2. The third-order valence-electron chi connectivity index (χ3n) is 7.12. The molecule has 31 heavy (non-hydrogen) atoms. The normalized spacial score (nSPS) is 24.7. The van der Waals surface area contributed by atoms with Gasteiger partial charge in [-0.1, -0.05) is 18.2 Å². The molecule has 5 heteroatoms. The van der Waals surface area contributed by atoms with E-state index in [1.54, 1.807) is 4.88 Å². The summed E-state index contributed by atoms with van der Waals surface area (Å²) in [6.45, 7) is 1.05. The SMILES string of the molecule is O[C@H](COc1ccc2[nH]ccc2c1)CN1[C@@H]2CC[C@H]1CC(c1cc3ccccc3s1)C2. The summed E-state index contributed by atoms with van der Waals surface area (Å²) in [5.74, 6) is 1.48. The van der Waals surface area contributed by atoms with Crippen LogP contribution < -0.4 is 4.74 Å². The lowest BCUT2D eigenvalue weighted by Crippen LogP contribution is -2.46. The number of hydrogen-bond donors (Lipinski definition) is 2. The van der Waals surface area contributed by atoms with Gasteiger partial charge in [0.2, 0.25) is 0 Å². The Hall–Kier alpha value is -2.34. The fraction of sp³-hybridized carbons (Fsp3) is 0.385. The molecule has 2 saturated heterocycles. The van der Waals surface area contributed by atoms with Crippen molar-refractivity contribution in [1.29, 1.82) is 0 Å². The first-order valence-electron chi connectivity index (χ1n) is 11.3. The Labute approximate surface area is 186 Å². The van der Waals surface area contributed by atoms with Gasteiger partial charge in [-0.3, -0.25) is 4.90 Å². The van der Waals surface area contributed by atoms with Crippen LogP contribution in [0.5, 0.6) is 5.75 Å². The fourth-order valence-corrected chi connectivity index (χ4v) is 6.81. The number of piperidine rings is 1. The van der Waals surface area contributed by atoms with Crippen LogP contribution in [-0.4, -0.2) is 46.3 Å². The average molecular weight is 433 g/mol. The Balaban J connectivity index is 1.08. The summed E-state index contributed by atoms with van der Waals surface area (Å²) >= 11 is 1.97. The van der Waals surface area contributed by atoms with E-state index in [4.69, 9.17) is 4.74 Å². The molecule has 2 aromatic heterocycles. The van der Waals surface area contributed by atoms with Gasteiger partial charge in [-0.25, -0.2) is 0 Å². The first kappa shape index (κ1) is 19.4. The molecule has 0 radical (unpaired) electrons. The molecule has 4 nitrogen and oxygen atoms in total. The Bertz CT molecular complexity index is 1150. The van der Waals surface area contributed by atoms with Crippen molar-refractivity contribution < 1.29 is 9.84 Å². The lowest BCUT2D eigenvalue weighted by atomic mass is 9.89. The number of thiophene rings is 1. The maximum absolute atomic E-state index is 10.7. The zero-order valence-electron chi connectivity index (χ0n) is 17.5. The van der Waals surface area contributed by atoms with E-state index in [-0.39, 0.29) is 0 Å². The van der Waals surface area contributed by atoms with Gasteiger partial charge < -0.3 is 14.8 Å². The highest BCUT2D eigenvalue weighted by molar-refractivity contribution is 7.19. The van der Waals surface area contributed by atoms with Gasteiger partial charge in [-0.15, -0.1) is 11.3 Å². The minimum atomic E-state index is -0.467. The van der Waals surface area contributed by atoms with E-state index < -0.39 is 6.10 Å². The number of nitrogens with zero attached hydrogens (tertiary/aromatic N) is 1. The number of H-pyrrole nitrogens is 1. The van der Waals surface area contributed by atoms with Gasteiger partial charge in [-0.05, 0) is 73.4 Å². The molecule has 2 fully saturated rings. The van der Waals surface area contributed by atoms with E-state index in [9.17, 15) is 5.11 Å². The number of rotatable bonds is 6. The number of aromatic nitrogens is 1. The Kier molecular flexibility index (Phi) is 4.98. The van der Waals surface area contributed by atoms with Gasteiger partial charge in [0.15, 0.2) is 0 Å². The maximum atomic E-state index is 10.7. The highest BCUT2D eigenvalue weighted by atomic mass is 32.1. The number of ether oxygens (including phenoxy) is 1. The standard InChI is InChI=1S/C26H28N2O2S/c29-22(16-30-23-7-8-24-17(13-23)9-10-27-24)15-28-20-5-6-21(28)12-19(11-20)26-14-18-3-1-2-4-25(18)31-26/h1-4,7-10,13-14,19-22,27,29H,5-6,11-12,15-16H2/t19?,20-,21+,22-/m0/s1. The summed E-state index contributed by atoms with van der Waals surface area (Å²) in [5.41, 5.74) is 1.10. The van der Waals surface area contributed by atoms with Crippen molar-refractivity contribution >= 4 is 32.3 Å². The molecule has 1 unspecified atom stereocenters. The molecule has 4 atom stereocenters. The lowest BCUT2D eigenvalue weighted by Gasteiger charge is -2.39. The summed E-state index contributed by atoms with van der Waals surface area (Å²) in [5, 5.41) is 13.2. The molecule has 0 saturated carbocycles. The van der Waals surface area contributed by atoms with Crippen LogP contribution in [0, 0.1) is 0 Å². The van der Waals surface area contributed by atoms with Crippen molar-refractivity contribution in [3.05, 3.63) is 65.7 Å². The number of benzene rings is 2. The molecule has 2 aromatic carbocycles. The number of aliphatic hydroxyl groups is 1. The summed E-state index contributed by atoms with van der Waals surface area (Å²) in [6.07, 6.45) is 6.39. The summed E-state index contributed by atoms with van der Waals surface area (Å²) in [4.78, 5) is 7.30. The second-order valence-corrected chi connectivity index (χ2v) is 10.2. The minimum absolute atomic E-state index is 0.339. The molecule has 2 bridgehead atoms. The van der Waals surface area contributed by atoms with Crippen molar-refractivity contribution in [1.82, 2.24) is 9.88 Å². The van der Waals surface area contributed by atoms with Crippen LogP contribution in [0.3, 0.4) is 0 Å². The monoisotopic (exact) mass is 432 g/mol. The number of nitrogens with one attached hydrogen (secondary N) is 1. The fourth-order valence-electron chi connectivity index (χ4n) is 5.62. The maximum Gasteiger partial charge on any atom is 0.120 e.